The predicted octanol–water partition coefficient (Wildman–Crippen LogP) is 3.51. The van der Waals surface area contributed by atoms with E-state index < -0.39 is 28.4 Å². The molecule has 1 aliphatic heterocycles. The molecule has 0 saturated heterocycles. The lowest BCUT2D eigenvalue weighted by molar-refractivity contribution is -0.385. The first-order valence-electron chi connectivity index (χ1n) is 9.76. The van der Waals surface area contributed by atoms with Crippen molar-refractivity contribution in [2.75, 3.05) is 25.2 Å². The Labute approximate surface area is 190 Å². The molecule has 0 aromatic heterocycles. The van der Waals surface area contributed by atoms with Gasteiger partial charge in [-0.15, -0.1) is 0 Å². The Balaban J connectivity index is 2.11. The lowest BCUT2D eigenvalue weighted by atomic mass is 9.94. The molecule has 2 aromatic carbocycles. The number of esters is 1. The fourth-order valence-corrected chi connectivity index (χ4v) is 3.78. The van der Waals surface area contributed by atoms with Gasteiger partial charge in [-0.05, 0) is 49.8 Å². The standard InChI is InChI=1S/C22H23N3O6S/c1-13-4-7-16(8-5-13)24-14(2)19(21(27)31-11-10-30-3)20(23-22(24)32)15-6-9-18(26)17(12-15)25(28)29/h4-9,12,20,26H,10-11H2,1-3H3,(H,23,32). The topological polar surface area (TPSA) is 114 Å². The molecule has 9 nitrogen and oxygen atoms in total. The van der Waals surface area contributed by atoms with Crippen molar-refractivity contribution < 1.29 is 24.3 Å². The molecule has 168 valence electrons. The third-order valence-electron chi connectivity index (χ3n) is 5.05. The van der Waals surface area contributed by atoms with E-state index in [-0.39, 0.29) is 18.8 Å². The molecule has 0 saturated carbocycles. The Bertz CT molecular complexity index is 1080. The van der Waals surface area contributed by atoms with Crippen molar-refractivity contribution in [1.82, 2.24) is 5.32 Å². The number of aryl methyl sites for hydroxylation is 1. The first-order valence-corrected chi connectivity index (χ1v) is 10.2. The van der Waals surface area contributed by atoms with Gasteiger partial charge in [-0.1, -0.05) is 23.8 Å². The predicted molar refractivity (Wildman–Crippen MR) is 122 cm³/mol. The first-order chi connectivity index (χ1) is 15.2. The summed E-state index contributed by atoms with van der Waals surface area (Å²) in [6.07, 6.45) is 0. The number of nitro groups is 1. The fraction of sp³-hybridized carbons (Fsp3) is 0.273. The average molecular weight is 458 g/mol. The van der Waals surface area contributed by atoms with E-state index in [4.69, 9.17) is 21.7 Å². The van der Waals surface area contributed by atoms with Crippen LogP contribution in [-0.2, 0) is 14.3 Å². The summed E-state index contributed by atoms with van der Waals surface area (Å²) < 4.78 is 10.3. The SMILES string of the molecule is COCCOC(=O)C1=C(C)N(c2ccc(C)cc2)C(=S)NC1c1ccc(O)c([N+](=O)[O-])c1. The van der Waals surface area contributed by atoms with Crippen molar-refractivity contribution in [3.63, 3.8) is 0 Å². The molecular formula is C22H23N3O6S. The number of hydrogen-bond donors (Lipinski definition) is 2. The number of nitrogens with zero attached hydrogens (tertiary/aromatic N) is 2. The summed E-state index contributed by atoms with van der Waals surface area (Å²) in [4.78, 5) is 25.4. The van der Waals surface area contributed by atoms with Crippen LogP contribution < -0.4 is 10.2 Å². The molecule has 1 heterocycles. The fourth-order valence-electron chi connectivity index (χ4n) is 3.42. The summed E-state index contributed by atoms with van der Waals surface area (Å²) in [5, 5.41) is 24.6. The molecule has 1 unspecified atom stereocenters. The van der Waals surface area contributed by atoms with Gasteiger partial charge in [-0.25, -0.2) is 4.79 Å². The molecule has 3 rings (SSSR count). The number of nitrogens with one attached hydrogen (secondary N) is 1. The van der Waals surface area contributed by atoms with Crippen molar-refractivity contribution >= 4 is 34.7 Å². The van der Waals surface area contributed by atoms with Crippen LogP contribution in [0.1, 0.15) is 24.1 Å². The number of phenols is 1. The van der Waals surface area contributed by atoms with Gasteiger partial charge in [-0.3, -0.25) is 15.0 Å². The van der Waals surface area contributed by atoms with Crippen LogP contribution in [0.4, 0.5) is 11.4 Å². The third kappa shape index (κ3) is 4.71. The minimum atomic E-state index is -0.807. The second-order valence-electron chi connectivity index (χ2n) is 7.19. The smallest absolute Gasteiger partial charge is 0.338 e. The molecule has 2 aromatic rings. The van der Waals surface area contributed by atoms with Crippen molar-refractivity contribution in [2.45, 2.75) is 19.9 Å². The Morgan fingerprint density at radius 3 is 2.53 bits per heavy atom. The summed E-state index contributed by atoms with van der Waals surface area (Å²) in [5.74, 6) is -1.07. The number of ether oxygens (including phenoxy) is 2. The van der Waals surface area contributed by atoms with Crippen LogP contribution in [-0.4, -0.2) is 41.4 Å². The number of carbonyl (C=O) groups excluding carboxylic acids is 1. The van der Waals surface area contributed by atoms with Gasteiger partial charge < -0.3 is 19.9 Å². The van der Waals surface area contributed by atoms with Crippen LogP contribution in [0, 0.1) is 17.0 Å². The van der Waals surface area contributed by atoms with Gasteiger partial charge in [0.25, 0.3) is 0 Å². The largest absolute Gasteiger partial charge is 0.502 e. The number of rotatable bonds is 7. The van der Waals surface area contributed by atoms with Crippen molar-refractivity contribution in [3.8, 4) is 5.75 Å². The van der Waals surface area contributed by atoms with Crippen LogP contribution in [0.3, 0.4) is 0 Å². The maximum atomic E-state index is 13.1. The first kappa shape index (κ1) is 23.2. The van der Waals surface area contributed by atoms with Gasteiger partial charge in [0.1, 0.15) is 6.61 Å². The summed E-state index contributed by atoms with van der Waals surface area (Å²) >= 11 is 5.58. The number of nitro benzene ring substituents is 1. The Morgan fingerprint density at radius 2 is 1.91 bits per heavy atom. The summed E-state index contributed by atoms with van der Waals surface area (Å²) in [5.41, 5.74) is 2.51. The summed E-state index contributed by atoms with van der Waals surface area (Å²) in [6.45, 7) is 3.97. The highest BCUT2D eigenvalue weighted by atomic mass is 32.1. The lowest BCUT2D eigenvalue weighted by Gasteiger charge is -2.37. The zero-order valence-corrected chi connectivity index (χ0v) is 18.6. The van der Waals surface area contributed by atoms with Crippen molar-refractivity contribution in [1.29, 1.82) is 0 Å². The van der Waals surface area contributed by atoms with Gasteiger partial charge in [0.05, 0.1) is 23.1 Å². The van der Waals surface area contributed by atoms with Gasteiger partial charge in [0.2, 0.25) is 0 Å². The quantitative estimate of drug-likeness (QED) is 0.212. The number of thiocarbonyl (C=S) groups is 1. The minimum absolute atomic E-state index is 0.0452. The second-order valence-corrected chi connectivity index (χ2v) is 7.57. The Kier molecular flexibility index (Phi) is 7.06. The van der Waals surface area contributed by atoms with Gasteiger partial charge >= 0.3 is 11.7 Å². The number of benzene rings is 2. The average Bonchev–Trinajstić information content (AvgIpc) is 2.75. The minimum Gasteiger partial charge on any atom is -0.502 e. The van der Waals surface area contributed by atoms with Gasteiger partial charge in [0.15, 0.2) is 10.9 Å². The van der Waals surface area contributed by atoms with Crippen molar-refractivity contribution in [2.24, 2.45) is 0 Å². The number of carbonyl (C=O) groups is 1. The zero-order chi connectivity index (χ0) is 23.4. The highest BCUT2D eigenvalue weighted by Gasteiger charge is 2.36. The number of allylic oxidation sites excluding steroid dienone is 1. The van der Waals surface area contributed by atoms with Crippen LogP contribution in [0.5, 0.6) is 5.75 Å². The number of anilines is 1. The van der Waals surface area contributed by atoms with Crippen molar-refractivity contribution in [3.05, 3.63) is 75.0 Å². The normalized spacial score (nSPS) is 16.0. The number of aromatic hydroxyl groups is 1. The van der Waals surface area contributed by atoms with E-state index in [0.717, 1.165) is 11.3 Å². The van der Waals surface area contributed by atoms with Crippen LogP contribution in [0.15, 0.2) is 53.7 Å². The molecular weight excluding hydrogens is 434 g/mol. The molecule has 2 N–H and O–H groups in total. The molecule has 10 heteroatoms. The lowest BCUT2D eigenvalue weighted by Crippen LogP contribution is -2.48. The van der Waals surface area contributed by atoms with E-state index in [1.54, 1.807) is 11.8 Å². The molecule has 0 spiro atoms. The highest BCUT2D eigenvalue weighted by Crippen LogP contribution is 2.37. The maximum absolute atomic E-state index is 13.1. The number of hydrogen-bond acceptors (Lipinski definition) is 7. The van der Waals surface area contributed by atoms with E-state index >= 15 is 0 Å². The zero-order valence-electron chi connectivity index (χ0n) is 17.8. The molecule has 0 radical (unpaired) electrons. The van der Waals surface area contributed by atoms with Gasteiger partial charge in [0, 0.05) is 24.6 Å². The van der Waals surface area contributed by atoms with E-state index in [0.29, 0.717) is 16.4 Å². The molecule has 0 amide bonds. The molecule has 0 fully saturated rings. The summed E-state index contributed by atoms with van der Waals surface area (Å²) in [7, 11) is 1.50. The van der Waals surface area contributed by atoms with Crippen LogP contribution in [0.25, 0.3) is 0 Å². The van der Waals surface area contributed by atoms with Gasteiger partial charge in [-0.2, -0.15) is 0 Å². The van der Waals surface area contributed by atoms with E-state index in [2.05, 4.69) is 5.32 Å². The highest BCUT2D eigenvalue weighted by molar-refractivity contribution is 7.80. The molecule has 1 aliphatic rings. The van der Waals surface area contributed by atoms with Crippen LogP contribution in [0.2, 0.25) is 0 Å². The summed E-state index contributed by atoms with van der Waals surface area (Å²) in [6, 6.07) is 10.7. The maximum Gasteiger partial charge on any atom is 0.338 e. The number of methoxy groups -OCH3 is 1. The molecule has 32 heavy (non-hydrogen) atoms. The van der Waals surface area contributed by atoms with E-state index in [9.17, 15) is 20.0 Å². The molecule has 0 aliphatic carbocycles. The third-order valence-corrected chi connectivity index (χ3v) is 5.35. The number of phenolic OH excluding ortho intramolecular Hbond substituents is 1. The molecule has 1 atom stereocenters. The monoisotopic (exact) mass is 457 g/mol. The van der Waals surface area contributed by atoms with E-state index in [1.807, 2.05) is 31.2 Å². The van der Waals surface area contributed by atoms with E-state index in [1.165, 1.54) is 25.3 Å². The molecule has 0 bridgehead atoms. The Hall–Kier alpha value is -3.50. The Morgan fingerprint density at radius 1 is 1.22 bits per heavy atom. The second kappa shape index (κ2) is 9.75. The van der Waals surface area contributed by atoms with Crippen LogP contribution >= 0.6 is 12.2 Å².